The first kappa shape index (κ1) is 11.6. The molecule has 0 radical (unpaired) electrons. The highest BCUT2D eigenvalue weighted by molar-refractivity contribution is 5.89. The molecule has 0 bridgehead atoms. The van der Waals surface area contributed by atoms with E-state index in [-0.39, 0.29) is 5.60 Å². The van der Waals surface area contributed by atoms with Crippen molar-refractivity contribution in [1.29, 1.82) is 0 Å². The van der Waals surface area contributed by atoms with Crippen LogP contribution in [0.15, 0.2) is 16.5 Å². The molecule has 96 valence electrons. The van der Waals surface area contributed by atoms with Gasteiger partial charge in [0, 0.05) is 17.4 Å². The molecule has 1 aromatic carbocycles. The van der Waals surface area contributed by atoms with Crippen molar-refractivity contribution < 1.29 is 9.15 Å². The zero-order chi connectivity index (χ0) is 12.9. The third-order valence-corrected chi connectivity index (χ3v) is 3.57. The molecule has 18 heavy (non-hydrogen) atoms. The smallest absolute Gasteiger partial charge is 0.176 e. The van der Waals surface area contributed by atoms with E-state index in [1.165, 1.54) is 11.1 Å². The van der Waals surface area contributed by atoms with Crippen LogP contribution < -0.4 is 10.1 Å². The minimum atomic E-state index is -0.125. The van der Waals surface area contributed by atoms with Crippen LogP contribution in [0.1, 0.15) is 30.7 Å². The van der Waals surface area contributed by atoms with Crippen LogP contribution in [0.2, 0.25) is 0 Å². The molecule has 3 nitrogen and oxygen atoms in total. The lowest BCUT2D eigenvalue weighted by atomic mass is 10.0. The van der Waals surface area contributed by atoms with Gasteiger partial charge in [0.2, 0.25) is 0 Å². The Bertz CT molecular complexity index is 610. The molecule has 0 amide bonds. The van der Waals surface area contributed by atoms with E-state index in [0.29, 0.717) is 0 Å². The fourth-order valence-electron chi connectivity index (χ4n) is 2.70. The summed E-state index contributed by atoms with van der Waals surface area (Å²) in [7, 11) is 1.93. The van der Waals surface area contributed by atoms with Crippen LogP contribution in [0.4, 0.5) is 0 Å². The number of fused-ring (bicyclic) bond motifs is 3. The van der Waals surface area contributed by atoms with Gasteiger partial charge in [-0.15, -0.1) is 0 Å². The van der Waals surface area contributed by atoms with Crippen molar-refractivity contribution in [1.82, 2.24) is 5.32 Å². The van der Waals surface area contributed by atoms with E-state index >= 15 is 0 Å². The molecule has 0 unspecified atom stereocenters. The van der Waals surface area contributed by atoms with Gasteiger partial charge in [-0.2, -0.15) is 0 Å². The lowest BCUT2D eigenvalue weighted by Gasteiger charge is -2.16. The Balaban J connectivity index is 2.20. The molecule has 0 aliphatic carbocycles. The summed E-state index contributed by atoms with van der Waals surface area (Å²) < 4.78 is 12.0. The molecule has 1 aliphatic rings. The largest absolute Gasteiger partial charge is 0.483 e. The normalized spacial score (nSPS) is 16.9. The number of ether oxygens (including phenoxy) is 1. The van der Waals surface area contributed by atoms with Gasteiger partial charge in [0.05, 0.1) is 6.54 Å². The zero-order valence-corrected chi connectivity index (χ0v) is 11.4. The molecular weight excluding hydrogens is 226 g/mol. The number of furan rings is 1. The molecule has 0 saturated heterocycles. The predicted molar refractivity (Wildman–Crippen MR) is 72.1 cm³/mol. The second-order valence-corrected chi connectivity index (χ2v) is 5.65. The summed E-state index contributed by atoms with van der Waals surface area (Å²) in [5, 5.41) is 4.30. The standard InChI is InChI=1S/C15H19NO2/c1-9-11-6-5-10-7-15(2,3)18-13(10)14(11)17-12(9)8-16-4/h5-6,16H,7-8H2,1-4H3. The molecule has 1 aliphatic heterocycles. The quantitative estimate of drug-likeness (QED) is 0.882. The molecule has 1 N–H and O–H groups in total. The first-order chi connectivity index (χ1) is 8.52. The van der Waals surface area contributed by atoms with Crippen molar-refractivity contribution in [3.63, 3.8) is 0 Å². The Hall–Kier alpha value is -1.48. The molecule has 0 atom stereocenters. The van der Waals surface area contributed by atoms with E-state index in [4.69, 9.17) is 9.15 Å². The van der Waals surface area contributed by atoms with Crippen LogP contribution in [0, 0.1) is 6.92 Å². The number of aryl methyl sites for hydroxylation is 1. The van der Waals surface area contributed by atoms with Gasteiger partial charge in [-0.25, -0.2) is 0 Å². The lowest BCUT2D eigenvalue weighted by Crippen LogP contribution is -2.24. The Morgan fingerprint density at radius 2 is 2.11 bits per heavy atom. The van der Waals surface area contributed by atoms with Crippen LogP contribution in [0.3, 0.4) is 0 Å². The molecule has 2 heterocycles. The maximum Gasteiger partial charge on any atom is 0.176 e. The van der Waals surface area contributed by atoms with E-state index < -0.39 is 0 Å². The van der Waals surface area contributed by atoms with Gasteiger partial charge in [0.15, 0.2) is 11.3 Å². The van der Waals surface area contributed by atoms with E-state index in [9.17, 15) is 0 Å². The third-order valence-electron chi connectivity index (χ3n) is 3.57. The molecule has 0 spiro atoms. The van der Waals surface area contributed by atoms with Crippen LogP contribution in [0.5, 0.6) is 5.75 Å². The number of rotatable bonds is 2. The van der Waals surface area contributed by atoms with E-state index in [1.54, 1.807) is 0 Å². The maximum atomic E-state index is 6.04. The number of nitrogens with one attached hydrogen (secondary N) is 1. The zero-order valence-electron chi connectivity index (χ0n) is 11.4. The summed E-state index contributed by atoms with van der Waals surface area (Å²) >= 11 is 0. The van der Waals surface area contributed by atoms with E-state index in [2.05, 4.69) is 38.2 Å². The minimum absolute atomic E-state index is 0.125. The van der Waals surface area contributed by atoms with Crippen molar-refractivity contribution in [2.24, 2.45) is 0 Å². The van der Waals surface area contributed by atoms with Crippen LogP contribution >= 0.6 is 0 Å². The molecule has 3 rings (SSSR count). The van der Waals surface area contributed by atoms with Crippen molar-refractivity contribution in [2.75, 3.05) is 7.05 Å². The topological polar surface area (TPSA) is 34.4 Å². The second-order valence-electron chi connectivity index (χ2n) is 5.65. The monoisotopic (exact) mass is 245 g/mol. The molecule has 3 heteroatoms. The maximum absolute atomic E-state index is 6.04. The number of benzene rings is 1. The summed E-state index contributed by atoms with van der Waals surface area (Å²) in [5.41, 5.74) is 3.23. The van der Waals surface area contributed by atoms with E-state index in [0.717, 1.165) is 35.4 Å². The fraction of sp³-hybridized carbons (Fsp3) is 0.467. The Labute approximate surface area is 107 Å². The molecule has 0 fully saturated rings. The molecule has 0 saturated carbocycles. The van der Waals surface area contributed by atoms with Crippen LogP contribution in [0.25, 0.3) is 11.0 Å². The van der Waals surface area contributed by atoms with Crippen molar-refractivity contribution in [2.45, 2.75) is 39.3 Å². The van der Waals surface area contributed by atoms with Gasteiger partial charge in [0.1, 0.15) is 11.4 Å². The summed E-state index contributed by atoms with van der Waals surface area (Å²) in [6.45, 7) is 7.08. The van der Waals surface area contributed by atoms with Gasteiger partial charge >= 0.3 is 0 Å². The Morgan fingerprint density at radius 1 is 1.33 bits per heavy atom. The van der Waals surface area contributed by atoms with Crippen molar-refractivity contribution in [3.05, 3.63) is 29.0 Å². The van der Waals surface area contributed by atoms with Gasteiger partial charge in [-0.1, -0.05) is 12.1 Å². The molecule has 2 aromatic rings. The van der Waals surface area contributed by atoms with Crippen LogP contribution in [-0.4, -0.2) is 12.6 Å². The highest BCUT2D eigenvalue weighted by Crippen LogP contribution is 2.42. The summed E-state index contributed by atoms with van der Waals surface area (Å²) in [6, 6.07) is 4.31. The van der Waals surface area contributed by atoms with E-state index in [1.807, 2.05) is 7.05 Å². The highest BCUT2D eigenvalue weighted by atomic mass is 16.5. The summed E-state index contributed by atoms with van der Waals surface area (Å²) in [5.74, 6) is 1.93. The van der Waals surface area contributed by atoms with Crippen molar-refractivity contribution in [3.8, 4) is 5.75 Å². The summed E-state index contributed by atoms with van der Waals surface area (Å²) in [6.07, 6.45) is 0.944. The SMILES string of the molecule is CNCc1oc2c3c(ccc2c1C)CC(C)(C)O3. The molecular formula is C15H19NO2. The van der Waals surface area contributed by atoms with Crippen LogP contribution in [-0.2, 0) is 13.0 Å². The van der Waals surface area contributed by atoms with Gasteiger partial charge in [0.25, 0.3) is 0 Å². The fourth-order valence-corrected chi connectivity index (χ4v) is 2.70. The van der Waals surface area contributed by atoms with Gasteiger partial charge in [-0.3, -0.25) is 0 Å². The summed E-state index contributed by atoms with van der Waals surface area (Å²) in [4.78, 5) is 0. The molecule has 1 aromatic heterocycles. The first-order valence-electron chi connectivity index (χ1n) is 6.39. The number of hydrogen-bond donors (Lipinski definition) is 1. The van der Waals surface area contributed by atoms with Gasteiger partial charge in [-0.05, 0) is 33.4 Å². The average molecular weight is 245 g/mol. The Kier molecular flexibility index (Phi) is 2.42. The lowest BCUT2D eigenvalue weighted by molar-refractivity contribution is 0.138. The van der Waals surface area contributed by atoms with Crippen molar-refractivity contribution >= 4 is 11.0 Å². The average Bonchev–Trinajstić information content (AvgIpc) is 2.77. The van der Waals surface area contributed by atoms with Gasteiger partial charge < -0.3 is 14.5 Å². The highest BCUT2D eigenvalue weighted by Gasteiger charge is 2.33. The second kappa shape index (κ2) is 3.75. The first-order valence-corrected chi connectivity index (χ1v) is 6.39. The Morgan fingerprint density at radius 3 is 2.83 bits per heavy atom. The third kappa shape index (κ3) is 1.62. The number of hydrogen-bond acceptors (Lipinski definition) is 3. The predicted octanol–water partition coefficient (Wildman–Crippen LogP) is 3.17. The minimum Gasteiger partial charge on any atom is -0.483 e.